The molecule has 0 heterocycles. The molecule has 1 aliphatic carbocycles. The van der Waals surface area contributed by atoms with Gasteiger partial charge in [0.1, 0.15) is 0 Å². The second-order valence-electron chi connectivity index (χ2n) is 4.60. The molecule has 1 fully saturated rings. The summed E-state index contributed by atoms with van der Waals surface area (Å²) in [6.45, 7) is 6.95. The van der Waals surface area contributed by atoms with Gasteiger partial charge in [0.05, 0.1) is 0 Å². The summed E-state index contributed by atoms with van der Waals surface area (Å²) >= 11 is 0. The maximum absolute atomic E-state index is 3.63. The Kier molecular flexibility index (Phi) is 5.49. The Morgan fingerprint density at radius 3 is 2.64 bits per heavy atom. The first-order valence-corrected chi connectivity index (χ1v) is 6.21. The Labute approximate surface area is 89.1 Å². The molecule has 1 N–H and O–H groups in total. The van der Waals surface area contributed by atoms with Crippen LogP contribution in [0.3, 0.4) is 0 Å². The van der Waals surface area contributed by atoms with E-state index in [9.17, 15) is 0 Å². The van der Waals surface area contributed by atoms with Crippen molar-refractivity contribution in [3.8, 4) is 0 Å². The highest BCUT2D eigenvalue weighted by atomic mass is 15.1. The van der Waals surface area contributed by atoms with Gasteiger partial charge in [-0.25, -0.2) is 0 Å². The molecule has 0 radical (unpaired) electrons. The Morgan fingerprint density at radius 2 is 2.00 bits per heavy atom. The van der Waals surface area contributed by atoms with Gasteiger partial charge in [-0.3, -0.25) is 0 Å². The second-order valence-corrected chi connectivity index (χ2v) is 4.60. The van der Waals surface area contributed by atoms with Crippen LogP contribution < -0.4 is 5.32 Å². The summed E-state index contributed by atoms with van der Waals surface area (Å²) in [5, 5.41) is 3.63. The van der Waals surface area contributed by atoms with Gasteiger partial charge in [0, 0.05) is 12.1 Å². The Morgan fingerprint density at radius 1 is 1.21 bits per heavy atom. The standard InChI is InChI=1S/C12H26N2/c1-4-8-13-11-6-7-12(10-11)14(3)9-5-2/h11-13H,4-10H2,1-3H3. The molecule has 1 rings (SSSR count). The number of nitrogens with one attached hydrogen (secondary N) is 1. The fourth-order valence-electron chi connectivity index (χ4n) is 2.43. The maximum atomic E-state index is 3.63. The second kappa shape index (κ2) is 6.41. The van der Waals surface area contributed by atoms with Crippen molar-refractivity contribution in [1.29, 1.82) is 0 Å². The zero-order valence-electron chi connectivity index (χ0n) is 10.1. The summed E-state index contributed by atoms with van der Waals surface area (Å²) in [4.78, 5) is 2.54. The number of nitrogens with zero attached hydrogens (tertiary/aromatic N) is 1. The lowest BCUT2D eigenvalue weighted by Crippen LogP contribution is -2.33. The molecule has 0 amide bonds. The first-order chi connectivity index (χ1) is 6.77. The van der Waals surface area contributed by atoms with Gasteiger partial charge in [0.2, 0.25) is 0 Å². The monoisotopic (exact) mass is 198 g/mol. The average Bonchev–Trinajstić information content (AvgIpc) is 2.63. The van der Waals surface area contributed by atoms with E-state index in [1.165, 1.54) is 45.2 Å². The van der Waals surface area contributed by atoms with Crippen molar-refractivity contribution < 1.29 is 0 Å². The lowest BCUT2D eigenvalue weighted by Gasteiger charge is -2.23. The summed E-state index contributed by atoms with van der Waals surface area (Å²) in [6, 6.07) is 1.63. The van der Waals surface area contributed by atoms with Gasteiger partial charge < -0.3 is 10.2 Å². The third kappa shape index (κ3) is 3.58. The van der Waals surface area contributed by atoms with Gasteiger partial charge in [-0.05, 0) is 52.2 Å². The highest BCUT2D eigenvalue weighted by Crippen LogP contribution is 2.23. The minimum atomic E-state index is 0.791. The molecule has 0 spiro atoms. The van der Waals surface area contributed by atoms with Crippen molar-refractivity contribution >= 4 is 0 Å². The molecule has 2 nitrogen and oxygen atoms in total. The Bertz CT molecular complexity index is 147. The fourth-order valence-corrected chi connectivity index (χ4v) is 2.43. The van der Waals surface area contributed by atoms with Gasteiger partial charge >= 0.3 is 0 Å². The number of hydrogen-bond donors (Lipinski definition) is 1. The summed E-state index contributed by atoms with van der Waals surface area (Å²) in [6.07, 6.45) is 6.65. The normalized spacial score (nSPS) is 27.4. The summed E-state index contributed by atoms with van der Waals surface area (Å²) in [5.74, 6) is 0. The van der Waals surface area contributed by atoms with Gasteiger partial charge in [0.25, 0.3) is 0 Å². The van der Waals surface area contributed by atoms with E-state index in [-0.39, 0.29) is 0 Å². The van der Waals surface area contributed by atoms with Gasteiger partial charge in [-0.2, -0.15) is 0 Å². The fraction of sp³-hybridized carbons (Fsp3) is 1.00. The Balaban J connectivity index is 2.19. The van der Waals surface area contributed by atoms with Crippen molar-refractivity contribution in [1.82, 2.24) is 10.2 Å². The van der Waals surface area contributed by atoms with Crippen LogP contribution in [0.15, 0.2) is 0 Å². The van der Waals surface area contributed by atoms with E-state index in [2.05, 4.69) is 31.1 Å². The smallest absolute Gasteiger partial charge is 0.0108 e. The van der Waals surface area contributed by atoms with Crippen LogP contribution in [0.25, 0.3) is 0 Å². The van der Waals surface area contributed by atoms with E-state index >= 15 is 0 Å². The molecule has 2 unspecified atom stereocenters. The average molecular weight is 198 g/mol. The van der Waals surface area contributed by atoms with Crippen molar-refractivity contribution in [3.05, 3.63) is 0 Å². The largest absolute Gasteiger partial charge is 0.314 e. The lowest BCUT2D eigenvalue weighted by atomic mass is 10.2. The van der Waals surface area contributed by atoms with E-state index < -0.39 is 0 Å². The van der Waals surface area contributed by atoms with E-state index in [1.807, 2.05) is 0 Å². The first kappa shape index (κ1) is 12.0. The molecule has 0 aliphatic heterocycles. The van der Waals surface area contributed by atoms with Crippen LogP contribution in [0.5, 0.6) is 0 Å². The minimum absolute atomic E-state index is 0.791. The van der Waals surface area contributed by atoms with Crippen molar-refractivity contribution in [2.24, 2.45) is 0 Å². The molecule has 2 atom stereocenters. The highest BCUT2D eigenvalue weighted by molar-refractivity contribution is 4.85. The van der Waals surface area contributed by atoms with Gasteiger partial charge in [0.15, 0.2) is 0 Å². The summed E-state index contributed by atoms with van der Waals surface area (Å²) < 4.78 is 0. The predicted octanol–water partition coefficient (Wildman–Crippen LogP) is 2.25. The molecule has 1 saturated carbocycles. The topological polar surface area (TPSA) is 15.3 Å². The van der Waals surface area contributed by atoms with Crippen molar-refractivity contribution in [3.63, 3.8) is 0 Å². The number of rotatable bonds is 6. The lowest BCUT2D eigenvalue weighted by molar-refractivity contribution is 0.242. The van der Waals surface area contributed by atoms with E-state index in [1.54, 1.807) is 0 Å². The van der Waals surface area contributed by atoms with Crippen LogP contribution in [-0.4, -0.2) is 37.1 Å². The van der Waals surface area contributed by atoms with Crippen LogP contribution in [-0.2, 0) is 0 Å². The van der Waals surface area contributed by atoms with Gasteiger partial charge in [-0.15, -0.1) is 0 Å². The van der Waals surface area contributed by atoms with E-state index in [0.717, 1.165) is 12.1 Å². The molecule has 2 heteroatoms. The molecular weight excluding hydrogens is 172 g/mol. The van der Waals surface area contributed by atoms with Crippen LogP contribution in [0.4, 0.5) is 0 Å². The zero-order valence-corrected chi connectivity index (χ0v) is 10.1. The minimum Gasteiger partial charge on any atom is -0.314 e. The Hall–Kier alpha value is -0.0800. The number of hydrogen-bond acceptors (Lipinski definition) is 2. The van der Waals surface area contributed by atoms with E-state index in [0.29, 0.717) is 0 Å². The molecule has 0 aromatic rings. The van der Waals surface area contributed by atoms with Crippen LogP contribution in [0.1, 0.15) is 46.0 Å². The summed E-state index contributed by atoms with van der Waals surface area (Å²) in [7, 11) is 2.27. The highest BCUT2D eigenvalue weighted by Gasteiger charge is 2.26. The van der Waals surface area contributed by atoms with Crippen LogP contribution in [0, 0.1) is 0 Å². The van der Waals surface area contributed by atoms with Crippen molar-refractivity contribution in [2.45, 2.75) is 58.0 Å². The SMILES string of the molecule is CCCNC1CCC(N(C)CCC)C1. The van der Waals surface area contributed by atoms with E-state index in [4.69, 9.17) is 0 Å². The third-order valence-corrected chi connectivity index (χ3v) is 3.29. The summed E-state index contributed by atoms with van der Waals surface area (Å²) in [5.41, 5.74) is 0. The third-order valence-electron chi connectivity index (χ3n) is 3.29. The van der Waals surface area contributed by atoms with Crippen molar-refractivity contribution in [2.75, 3.05) is 20.1 Å². The molecule has 0 bridgehead atoms. The molecular formula is C12H26N2. The van der Waals surface area contributed by atoms with Crippen LogP contribution in [0.2, 0.25) is 0 Å². The maximum Gasteiger partial charge on any atom is 0.0108 e. The zero-order chi connectivity index (χ0) is 10.4. The predicted molar refractivity (Wildman–Crippen MR) is 62.6 cm³/mol. The molecule has 1 aliphatic rings. The first-order valence-electron chi connectivity index (χ1n) is 6.21. The van der Waals surface area contributed by atoms with Crippen LogP contribution >= 0.6 is 0 Å². The molecule has 84 valence electrons. The molecule has 0 saturated heterocycles. The van der Waals surface area contributed by atoms with Gasteiger partial charge in [-0.1, -0.05) is 13.8 Å². The molecule has 0 aromatic heterocycles. The molecule has 0 aromatic carbocycles. The quantitative estimate of drug-likeness (QED) is 0.704. The molecule has 14 heavy (non-hydrogen) atoms.